The number of hydrogen-bond acceptors (Lipinski definition) is 5. The van der Waals surface area contributed by atoms with Gasteiger partial charge in [-0.2, -0.15) is 5.10 Å². The lowest BCUT2D eigenvalue weighted by Crippen LogP contribution is -2.17. The molecule has 0 aliphatic carbocycles. The highest BCUT2D eigenvalue weighted by atomic mass is 35.5. The Morgan fingerprint density at radius 2 is 2.05 bits per heavy atom. The van der Waals surface area contributed by atoms with Crippen LogP contribution in [0.1, 0.15) is 15.9 Å². The summed E-state index contributed by atoms with van der Waals surface area (Å²) in [7, 11) is 0. The Morgan fingerprint density at radius 1 is 1.33 bits per heavy atom. The first-order valence-electron chi connectivity index (χ1n) is 5.75. The zero-order valence-corrected chi connectivity index (χ0v) is 11.3. The minimum atomic E-state index is -0.653. The molecule has 2 aromatic rings. The largest absolute Gasteiger partial charge is 0.288 e. The Labute approximate surface area is 124 Å². The lowest BCUT2D eigenvalue weighted by Gasteiger charge is -2.01. The third-order valence-electron chi connectivity index (χ3n) is 2.49. The van der Waals surface area contributed by atoms with Gasteiger partial charge >= 0.3 is 0 Å². The molecule has 0 radical (unpaired) electrons. The number of halogens is 1. The number of aromatic nitrogens is 1. The first kappa shape index (κ1) is 14.6. The van der Waals surface area contributed by atoms with Crippen molar-refractivity contribution in [1.29, 1.82) is 0 Å². The number of pyridine rings is 1. The molecule has 106 valence electrons. The summed E-state index contributed by atoms with van der Waals surface area (Å²) in [4.78, 5) is 25.8. The van der Waals surface area contributed by atoms with Crippen LogP contribution in [-0.4, -0.2) is 22.0 Å². The molecule has 1 amide bonds. The minimum Gasteiger partial charge on any atom is -0.267 e. The van der Waals surface area contributed by atoms with E-state index in [1.54, 1.807) is 24.5 Å². The molecule has 0 aliphatic heterocycles. The summed E-state index contributed by atoms with van der Waals surface area (Å²) >= 11 is 5.67. The maximum absolute atomic E-state index is 11.8. The van der Waals surface area contributed by atoms with E-state index in [1.165, 1.54) is 18.3 Å². The van der Waals surface area contributed by atoms with E-state index in [1.807, 2.05) is 0 Å². The Morgan fingerprint density at radius 3 is 2.71 bits per heavy atom. The number of rotatable bonds is 4. The maximum Gasteiger partial charge on any atom is 0.288 e. The van der Waals surface area contributed by atoms with Gasteiger partial charge in [-0.25, -0.2) is 5.43 Å². The molecule has 1 heterocycles. The molecule has 0 bridgehead atoms. The van der Waals surface area contributed by atoms with E-state index >= 15 is 0 Å². The molecule has 8 heteroatoms. The van der Waals surface area contributed by atoms with Crippen molar-refractivity contribution < 1.29 is 9.72 Å². The number of carbonyl (C=O) groups is 1. The van der Waals surface area contributed by atoms with Crippen molar-refractivity contribution in [2.24, 2.45) is 5.10 Å². The summed E-state index contributed by atoms with van der Waals surface area (Å²) in [6, 6.07) is 7.19. The molecule has 0 atom stereocenters. The lowest BCUT2D eigenvalue weighted by atomic mass is 10.2. The van der Waals surface area contributed by atoms with Gasteiger partial charge in [-0.15, -0.1) is 0 Å². The van der Waals surface area contributed by atoms with Gasteiger partial charge in [0.15, 0.2) is 0 Å². The summed E-state index contributed by atoms with van der Waals surface area (Å²) in [6.45, 7) is 0. The average Bonchev–Trinajstić information content (AvgIpc) is 2.48. The number of hydrazone groups is 1. The molecule has 21 heavy (non-hydrogen) atoms. The molecule has 0 saturated heterocycles. The smallest absolute Gasteiger partial charge is 0.267 e. The molecule has 0 unspecified atom stereocenters. The number of amides is 1. The van der Waals surface area contributed by atoms with Gasteiger partial charge in [0, 0.05) is 24.0 Å². The second-order valence-electron chi connectivity index (χ2n) is 3.90. The standard InChI is InChI=1S/C13H9ClN4O3/c14-11-2-1-10(7-12(11)18(20)21)13(19)17-16-8-9-3-5-15-6-4-9/h1-8H,(H,17,19)/b16-8+. The van der Waals surface area contributed by atoms with Gasteiger partial charge in [-0.05, 0) is 29.8 Å². The molecule has 0 spiro atoms. The Hall–Kier alpha value is -2.80. The quantitative estimate of drug-likeness (QED) is 0.533. The molecule has 0 saturated carbocycles. The van der Waals surface area contributed by atoms with Crippen LogP contribution in [0, 0.1) is 10.1 Å². The van der Waals surface area contributed by atoms with Gasteiger partial charge in [0.1, 0.15) is 5.02 Å². The molecule has 7 nitrogen and oxygen atoms in total. The fourth-order valence-corrected chi connectivity index (χ4v) is 1.66. The highest BCUT2D eigenvalue weighted by Gasteiger charge is 2.15. The third-order valence-corrected chi connectivity index (χ3v) is 2.81. The summed E-state index contributed by atoms with van der Waals surface area (Å²) in [6.07, 6.45) is 4.61. The van der Waals surface area contributed by atoms with Crippen molar-refractivity contribution in [3.8, 4) is 0 Å². The summed E-state index contributed by atoms with van der Waals surface area (Å²) < 4.78 is 0. The van der Waals surface area contributed by atoms with Gasteiger partial charge in [0.05, 0.1) is 11.1 Å². The van der Waals surface area contributed by atoms with E-state index in [9.17, 15) is 14.9 Å². The first-order chi connectivity index (χ1) is 10.1. The highest BCUT2D eigenvalue weighted by Crippen LogP contribution is 2.24. The fourth-order valence-electron chi connectivity index (χ4n) is 1.47. The van der Waals surface area contributed by atoms with Crippen molar-refractivity contribution in [2.75, 3.05) is 0 Å². The maximum atomic E-state index is 11.8. The molecule has 1 aromatic carbocycles. The van der Waals surface area contributed by atoms with Crippen LogP contribution in [0.2, 0.25) is 5.02 Å². The molecule has 1 N–H and O–H groups in total. The van der Waals surface area contributed by atoms with Crippen molar-refractivity contribution in [3.05, 3.63) is 69.0 Å². The molecular formula is C13H9ClN4O3. The number of nitro benzene ring substituents is 1. The van der Waals surface area contributed by atoms with Gasteiger partial charge in [0.2, 0.25) is 0 Å². The monoisotopic (exact) mass is 304 g/mol. The van der Waals surface area contributed by atoms with Crippen molar-refractivity contribution in [3.63, 3.8) is 0 Å². The van der Waals surface area contributed by atoms with E-state index in [4.69, 9.17) is 11.6 Å². The minimum absolute atomic E-state index is 0.0307. The van der Waals surface area contributed by atoms with Crippen LogP contribution in [0.3, 0.4) is 0 Å². The Balaban J connectivity index is 2.09. The van der Waals surface area contributed by atoms with E-state index in [-0.39, 0.29) is 16.3 Å². The Bertz CT molecular complexity index is 704. The zero-order chi connectivity index (χ0) is 15.2. The predicted octanol–water partition coefficient (Wildman–Crippen LogP) is 2.41. The van der Waals surface area contributed by atoms with Gasteiger partial charge in [-0.1, -0.05) is 11.6 Å². The number of hydrogen-bond donors (Lipinski definition) is 1. The van der Waals surface area contributed by atoms with Crippen LogP contribution in [0.4, 0.5) is 5.69 Å². The topological polar surface area (TPSA) is 97.5 Å². The van der Waals surface area contributed by atoms with Crippen molar-refractivity contribution in [1.82, 2.24) is 10.4 Å². The second-order valence-corrected chi connectivity index (χ2v) is 4.31. The van der Waals surface area contributed by atoms with E-state index in [0.717, 1.165) is 11.6 Å². The van der Waals surface area contributed by atoms with Crippen LogP contribution in [0.25, 0.3) is 0 Å². The third kappa shape index (κ3) is 3.83. The highest BCUT2D eigenvalue weighted by molar-refractivity contribution is 6.32. The van der Waals surface area contributed by atoms with Gasteiger partial charge in [0.25, 0.3) is 11.6 Å². The van der Waals surface area contributed by atoms with E-state index in [0.29, 0.717) is 0 Å². The average molecular weight is 305 g/mol. The molecule has 2 rings (SSSR count). The normalized spacial score (nSPS) is 10.5. The molecule has 0 aliphatic rings. The van der Waals surface area contributed by atoms with Crippen molar-refractivity contribution in [2.45, 2.75) is 0 Å². The summed E-state index contributed by atoms with van der Waals surface area (Å²) in [5.74, 6) is -0.569. The van der Waals surface area contributed by atoms with E-state index < -0.39 is 10.8 Å². The van der Waals surface area contributed by atoms with Crippen LogP contribution in [0.15, 0.2) is 47.8 Å². The fraction of sp³-hybridized carbons (Fsp3) is 0. The van der Waals surface area contributed by atoms with Gasteiger partial charge in [-0.3, -0.25) is 19.9 Å². The first-order valence-corrected chi connectivity index (χ1v) is 6.13. The number of benzene rings is 1. The predicted molar refractivity (Wildman–Crippen MR) is 77.4 cm³/mol. The van der Waals surface area contributed by atoms with Crippen LogP contribution >= 0.6 is 11.6 Å². The number of nitrogens with one attached hydrogen (secondary N) is 1. The van der Waals surface area contributed by atoms with Crippen LogP contribution < -0.4 is 5.43 Å². The molecule has 1 aromatic heterocycles. The van der Waals surface area contributed by atoms with Crippen LogP contribution in [-0.2, 0) is 0 Å². The second kappa shape index (κ2) is 6.58. The number of nitro groups is 1. The molecular weight excluding hydrogens is 296 g/mol. The number of carbonyl (C=O) groups excluding carboxylic acids is 1. The summed E-state index contributed by atoms with van der Waals surface area (Å²) in [5, 5.41) is 14.5. The molecule has 0 fully saturated rings. The SMILES string of the molecule is O=C(N/N=C/c1ccncc1)c1ccc(Cl)c([N+](=O)[O-])c1. The number of nitrogens with zero attached hydrogens (tertiary/aromatic N) is 3. The van der Waals surface area contributed by atoms with Gasteiger partial charge < -0.3 is 0 Å². The Kier molecular flexibility index (Phi) is 4.57. The van der Waals surface area contributed by atoms with Crippen LogP contribution in [0.5, 0.6) is 0 Å². The van der Waals surface area contributed by atoms with E-state index in [2.05, 4.69) is 15.5 Å². The lowest BCUT2D eigenvalue weighted by molar-refractivity contribution is -0.384. The summed E-state index contributed by atoms with van der Waals surface area (Å²) in [5.41, 5.74) is 2.80. The zero-order valence-electron chi connectivity index (χ0n) is 10.6. The van der Waals surface area contributed by atoms with Crippen molar-refractivity contribution >= 4 is 29.4 Å².